The second kappa shape index (κ2) is 8.29. The highest BCUT2D eigenvalue weighted by molar-refractivity contribution is 6.37. The molecule has 4 aromatic rings. The number of hydrogen-bond acceptors (Lipinski definition) is 5. The van der Waals surface area contributed by atoms with Gasteiger partial charge in [0.2, 0.25) is 29.0 Å². The van der Waals surface area contributed by atoms with E-state index in [1.54, 1.807) is 36.4 Å². The number of imide groups is 1. The molecular weight excluding hydrogens is 490 g/mol. The number of carbonyl (C=O) groups excluding carboxylic acids is 4. The third kappa shape index (κ3) is 3.06. The van der Waals surface area contributed by atoms with Crippen molar-refractivity contribution in [2.45, 2.75) is 31.5 Å². The molecule has 0 saturated carbocycles. The van der Waals surface area contributed by atoms with E-state index in [2.05, 4.69) is 13.8 Å². The molecule has 4 aromatic carbocycles. The molecule has 39 heavy (non-hydrogen) atoms. The van der Waals surface area contributed by atoms with Crippen LogP contribution < -0.4 is 4.90 Å². The maximum Gasteiger partial charge on any atom is 0.241 e. The van der Waals surface area contributed by atoms with E-state index in [-0.39, 0.29) is 11.1 Å². The maximum absolute atomic E-state index is 14.3. The molecule has 0 radical (unpaired) electrons. The zero-order chi connectivity index (χ0) is 27.1. The number of nitrogens with zero attached hydrogens (tertiary/aromatic N) is 1. The van der Waals surface area contributed by atoms with E-state index in [1.165, 1.54) is 4.90 Å². The van der Waals surface area contributed by atoms with Crippen LogP contribution in [-0.4, -0.2) is 29.0 Å². The van der Waals surface area contributed by atoms with E-state index in [0.717, 1.165) is 16.3 Å². The molecule has 3 aliphatic rings. The Labute approximate surface area is 225 Å². The van der Waals surface area contributed by atoms with Gasteiger partial charge < -0.3 is 4.74 Å². The molecule has 0 N–H and O–H groups in total. The van der Waals surface area contributed by atoms with Crippen molar-refractivity contribution in [3.05, 3.63) is 113 Å². The summed E-state index contributed by atoms with van der Waals surface area (Å²) in [5.41, 5.74) is 0.569. The van der Waals surface area contributed by atoms with Crippen molar-refractivity contribution >= 4 is 39.8 Å². The number of hydrogen-bond donors (Lipinski definition) is 0. The van der Waals surface area contributed by atoms with Crippen molar-refractivity contribution in [3.8, 4) is 0 Å². The van der Waals surface area contributed by atoms with Gasteiger partial charge in [-0.25, -0.2) is 4.90 Å². The van der Waals surface area contributed by atoms with Crippen molar-refractivity contribution in [1.82, 2.24) is 0 Å². The Kier molecular flexibility index (Phi) is 5.03. The Bertz CT molecular complexity index is 1680. The normalized spacial score (nSPS) is 23.4. The lowest BCUT2D eigenvalue weighted by Crippen LogP contribution is -2.51. The van der Waals surface area contributed by atoms with Gasteiger partial charge in [-0.2, -0.15) is 0 Å². The number of rotatable bonds is 3. The molecule has 6 heteroatoms. The van der Waals surface area contributed by atoms with E-state index in [4.69, 9.17) is 4.74 Å². The van der Waals surface area contributed by atoms with Crippen LogP contribution in [0, 0.1) is 11.8 Å². The number of anilines is 1. The number of ether oxygens (including phenoxy) is 1. The van der Waals surface area contributed by atoms with Gasteiger partial charge in [0.1, 0.15) is 0 Å². The summed E-state index contributed by atoms with van der Waals surface area (Å²) in [5.74, 6) is -4.16. The Balaban J connectivity index is 1.42. The Morgan fingerprint density at radius 2 is 1.33 bits per heavy atom. The molecule has 2 amide bonds. The smallest absolute Gasteiger partial charge is 0.241 e. The first kappa shape index (κ1) is 23.7. The Morgan fingerprint density at radius 3 is 2.00 bits per heavy atom. The molecule has 2 aliphatic heterocycles. The molecule has 2 heterocycles. The van der Waals surface area contributed by atoms with Gasteiger partial charge in [-0.15, -0.1) is 0 Å². The van der Waals surface area contributed by atoms with Crippen molar-refractivity contribution in [2.75, 3.05) is 4.90 Å². The second-order valence-electron chi connectivity index (χ2n) is 10.8. The molecule has 192 valence electrons. The van der Waals surface area contributed by atoms with Gasteiger partial charge in [0.05, 0.1) is 23.6 Å². The number of fused-ring (bicyclic) bond motifs is 4. The van der Waals surface area contributed by atoms with Gasteiger partial charge in [-0.3, -0.25) is 19.2 Å². The molecule has 0 bridgehead atoms. The van der Waals surface area contributed by atoms with Crippen LogP contribution in [-0.2, 0) is 14.3 Å². The van der Waals surface area contributed by atoms with Gasteiger partial charge in [0.25, 0.3) is 0 Å². The highest BCUT2D eigenvalue weighted by Gasteiger charge is 2.74. The zero-order valence-corrected chi connectivity index (χ0v) is 21.5. The fraction of sp³-hybridized carbons (Fsp3) is 0.212. The number of Topliss-reactive ketones (excluding diaryl/α,β-unsaturated/α-hetero) is 2. The van der Waals surface area contributed by atoms with Crippen LogP contribution in [0.5, 0.6) is 0 Å². The molecule has 6 nitrogen and oxygen atoms in total. The highest BCUT2D eigenvalue weighted by Crippen LogP contribution is 2.58. The fourth-order valence-corrected chi connectivity index (χ4v) is 6.53. The molecule has 0 unspecified atom stereocenters. The average Bonchev–Trinajstić information content (AvgIpc) is 3.52. The minimum atomic E-state index is -2.08. The van der Waals surface area contributed by atoms with Crippen molar-refractivity contribution in [3.63, 3.8) is 0 Å². The fourth-order valence-electron chi connectivity index (χ4n) is 6.53. The minimum Gasteiger partial charge on any atom is -0.349 e. The zero-order valence-electron chi connectivity index (χ0n) is 21.5. The van der Waals surface area contributed by atoms with Crippen LogP contribution >= 0.6 is 0 Å². The highest BCUT2D eigenvalue weighted by atomic mass is 16.5. The monoisotopic (exact) mass is 515 g/mol. The van der Waals surface area contributed by atoms with E-state index in [9.17, 15) is 19.2 Å². The predicted octanol–water partition coefficient (Wildman–Crippen LogP) is 5.66. The minimum absolute atomic E-state index is 0.223. The summed E-state index contributed by atoms with van der Waals surface area (Å²) in [5, 5.41) is 1.61. The standard InChI is InChI=1S/C33H25NO5/c1-18(2)19-14-16-21(17-15-19)28-26-27(33(39-28)29(35)23-11-5-6-12-24(23)30(33)36)32(38)34(31(26)37)25-13-7-9-20-8-3-4-10-22(20)25/h3-18,26-28H,1-2H3/t26-,27+,28-/m0/s1. The third-order valence-electron chi connectivity index (χ3n) is 8.46. The lowest BCUT2D eigenvalue weighted by atomic mass is 9.77. The van der Waals surface area contributed by atoms with E-state index in [0.29, 0.717) is 17.2 Å². The van der Waals surface area contributed by atoms with E-state index < -0.39 is 46.9 Å². The molecule has 7 rings (SSSR count). The van der Waals surface area contributed by atoms with Gasteiger partial charge in [-0.1, -0.05) is 98.8 Å². The summed E-state index contributed by atoms with van der Waals surface area (Å²) in [6, 6.07) is 27.1. The van der Waals surface area contributed by atoms with Crippen molar-refractivity contribution in [2.24, 2.45) is 11.8 Å². The quantitative estimate of drug-likeness (QED) is 0.260. The van der Waals surface area contributed by atoms with Crippen LogP contribution in [0.4, 0.5) is 5.69 Å². The van der Waals surface area contributed by atoms with Gasteiger partial charge in [-0.05, 0) is 28.5 Å². The van der Waals surface area contributed by atoms with Crippen LogP contribution in [0.3, 0.4) is 0 Å². The number of benzene rings is 4. The Hall–Kier alpha value is -4.42. The summed E-state index contributed by atoms with van der Waals surface area (Å²) in [4.78, 5) is 57.6. The van der Waals surface area contributed by atoms with Crippen molar-refractivity contribution in [1.29, 1.82) is 0 Å². The molecule has 1 aliphatic carbocycles. The SMILES string of the molecule is CC(C)c1ccc([C@@H]2OC3(C(=O)c4ccccc4C3=O)[C@H]3C(=O)N(c4cccc5ccccc45)C(=O)[C@H]23)cc1. The first-order chi connectivity index (χ1) is 18.8. The predicted molar refractivity (Wildman–Crippen MR) is 146 cm³/mol. The largest absolute Gasteiger partial charge is 0.349 e. The van der Waals surface area contributed by atoms with Crippen LogP contribution in [0.1, 0.15) is 57.7 Å². The molecule has 0 aromatic heterocycles. The summed E-state index contributed by atoms with van der Waals surface area (Å²) in [7, 11) is 0. The first-order valence-corrected chi connectivity index (χ1v) is 13.2. The van der Waals surface area contributed by atoms with Crippen LogP contribution in [0.2, 0.25) is 0 Å². The van der Waals surface area contributed by atoms with Gasteiger partial charge >= 0.3 is 0 Å². The van der Waals surface area contributed by atoms with E-state index in [1.807, 2.05) is 54.6 Å². The third-order valence-corrected chi connectivity index (χ3v) is 8.46. The van der Waals surface area contributed by atoms with Gasteiger partial charge in [0.15, 0.2) is 0 Å². The molecule has 1 spiro atoms. The van der Waals surface area contributed by atoms with Crippen molar-refractivity contribution < 1.29 is 23.9 Å². The lowest BCUT2D eigenvalue weighted by Gasteiger charge is -2.27. The topological polar surface area (TPSA) is 80.8 Å². The molecular formula is C33H25NO5. The Morgan fingerprint density at radius 1 is 0.718 bits per heavy atom. The maximum atomic E-state index is 14.3. The number of amides is 2. The van der Waals surface area contributed by atoms with Crippen LogP contribution in [0.25, 0.3) is 10.8 Å². The molecule has 3 atom stereocenters. The summed E-state index contributed by atoms with van der Waals surface area (Å²) in [6.45, 7) is 4.17. The average molecular weight is 516 g/mol. The first-order valence-electron chi connectivity index (χ1n) is 13.2. The number of carbonyl (C=O) groups is 4. The summed E-state index contributed by atoms with van der Waals surface area (Å²) >= 11 is 0. The van der Waals surface area contributed by atoms with E-state index >= 15 is 0 Å². The van der Waals surface area contributed by atoms with Crippen LogP contribution in [0.15, 0.2) is 91.0 Å². The molecule has 2 fully saturated rings. The number of ketones is 2. The second-order valence-corrected chi connectivity index (χ2v) is 10.8. The lowest BCUT2D eigenvalue weighted by molar-refractivity contribution is -0.127. The summed E-state index contributed by atoms with van der Waals surface area (Å²) in [6.07, 6.45) is -0.935. The molecule has 2 saturated heterocycles. The van der Waals surface area contributed by atoms with Gasteiger partial charge in [0, 0.05) is 16.5 Å². The summed E-state index contributed by atoms with van der Waals surface area (Å²) < 4.78 is 6.42.